The third-order valence-electron chi connectivity index (χ3n) is 4.50. The van der Waals surface area contributed by atoms with E-state index < -0.39 is 11.2 Å². The maximum Gasteiger partial charge on any atom is 0.349 e. The summed E-state index contributed by atoms with van der Waals surface area (Å²) in [5, 5.41) is 13.6. The molecule has 0 aliphatic carbocycles. The van der Waals surface area contributed by atoms with E-state index in [-0.39, 0.29) is 6.61 Å². The van der Waals surface area contributed by atoms with E-state index in [1.54, 1.807) is 60.7 Å². The molecule has 1 heterocycles. The second-order valence-electron chi connectivity index (χ2n) is 6.47. The molecule has 0 aliphatic rings. The SMILES string of the molecule is N#Cc1ccccc1COc1cccc(C=Nn2c(=O)[nH]c3ccccc3c2=O)c1. The Morgan fingerprint density at radius 3 is 2.70 bits per heavy atom. The summed E-state index contributed by atoms with van der Waals surface area (Å²) in [7, 11) is 0. The summed E-state index contributed by atoms with van der Waals surface area (Å²) in [5.74, 6) is 0.575. The van der Waals surface area contributed by atoms with Gasteiger partial charge in [-0.05, 0) is 35.9 Å². The number of aromatic nitrogens is 2. The molecule has 30 heavy (non-hydrogen) atoms. The molecule has 1 aromatic heterocycles. The molecule has 0 bridgehead atoms. The molecule has 0 saturated heterocycles. The average Bonchev–Trinajstić information content (AvgIpc) is 2.78. The second kappa shape index (κ2) is 8.29. The summed E-state index contributed by atoms with van der Waals surface area (Å²) in [5.41, 5.74) is 1.35. The van der Waals surface area contributed by atoms with Crippen LogP contribution in [-0.2, 0) is 6.61 Å². The van der Waals surface area contributed by atoms with Crippen LogP contribution in [0.15, 0.2) is 87.5 Å². The number of rotatable bonds is 5. The van der Waals surface area contributed by atoms with E-state index in [2.05, 4.69) is 16.2 Å². The van der Waals surface area contributed by atoms with Crippen LogP contribution in [-0.4, -0.2) is 15.9 Å². The van der Waals surface area contributed by atoms with Gasteiger partial charge in [-0.3, -0.25) is 4.79 Å². The number of fused-ring (bicyclic) bond motifs is 1. The molecule has 0 fully saturated rings. The first-order chi connectivity index (χ1) is 14.7. The van der Waals surface area contributed by atoms with Crippen LogP contribution in [0.25, 0.3) is 10.9 Å². The zero-order valence-corrected chi connectivity index (χ0v) is 15.8. The fourth-order valence-corrected chi connectivity index (χ4v) is 2.98. The summed E-state index contributed by atoms with van der Waals surface area (Å²) < 4.78 is 6.57. The third kappa shape index (κ3) is 3.88. The zero-order chi connectivity index (χ0) is 20.9. The number of H-pyrrole nitrogens is 1. The molecule has 4 rings (SSSR count). The smallest absolute Gasteiger partial charge is 0.349 e. The van der Waals surface area contributed by atoms with Gasteiger partial charge in [0.2, 0.25) is 0 Å². The minimum atomic E-state index is -0.615. The lowest BCUT2D eigenvalue weighted by Gasteiger charge is -2.08. The average molecular weight is 396 g/mol. The Morgan fingerprint density at radius 1 is 1.03 bits per heavy atom. The van der Waals surface area contributed by atoms with Gasteiger partial charge >= 0.3 is 5.69 Å². The van der Waals surface area contributed by atoms with Crippen LogP contribution >= 0.6 is 0 Å². The van der Waals surface area contributed by atoms with Crippen LogP contribution in [0.2, 0.25) is 0 Å². The number of hydrogen-bond acceptors (Lipinski definition) is 5. The van der Waals surface area contributed by atoms with Gasteiger partial charge in [0.15, 0.2) is 0 Å². The van der Waals surface area contributed by atoms with E-state index in [9.17, 15) is 9.59 Å². The first kappa shape index (κ1) is 18.9. The number of ether oxygens (including phenoxy) is 1. The van der Waals surface area contributed by atoms with Gasteiger partial charge < -0.3 is 9.72 Å². The number of aromatic amines is 1. The van der Waals surface area contributed by atoms with Gasteiger partial charge in [0.1, 0.15) is 12.4 Å². The van der Waals surface area contributed by atoms with Crippen molar-refractivity contribution >= 4 is 17.1 Å². The van der Waals surface area contributed by atoms with Crippen molar-refractivity contribution in [2.45, 2.75) is 6.61 Å². The predicted octanol–water partition coefficient (Wildman–Crippen LogP) is 3.02. The monoisotopic (exact) mass is 396 g/mol. The van der Waals surface area contributed by atoms with Crippen molar-refractivity contribution in [3.63, 3.8) is 0 Å². The highest BCUT2D eigenvalue weighted by atomic mass is 16.5. The quantitative estimate of drug-likeness (QED) is 0.524. The molecular formula is C23H16N4O3. The van der Waals surface area contributed by atoms with Gasteiger partial charge in [-0.25, -0.2) is 4.79 Å². The molecule has 0 unspecified atom stereocenters. The molecule has 0 spiro atoms. The van der Waals surface area contributed by atoms with E-state index in [0.29, 0.717) is 27.8 Å². The highest BCUT2D eigenvalue weighted by Crippen LogP contribution is 2.16. The van der Waals surface area contributed by atoms with Crippen LogP contribution in [0.4, 0.5) is 0 Å². The lowest BCUT2D eigenvalue weighted by molar-refractivity contribution is 0.306. The number of benzene rings is 3. The van der Waals surface area contributed by atoms with Gasteiger partial charge in [0.05, 0.1) is 28.8 Å². The molecule has 0 atom stereocenters. The van der Waals surface area contributed by atoms with Crippen LogP contribution < -0.4 is 16.0 Å². The molecule has 1 N–H and O–H groups in total. The van der Waals surface area contributed by atoms with E-state index >= 15 is 0 Å². The molecule has 0 radical (unpaired) electrons. The number of nitrogens with zero attached hydrogens (tertiary/aromatic N) is 3. The van der Waals surface area contributed by atoms with Crippen LogP contribution in [0.1, 0.15) is 16.7 Å². The van der Waals surface area contributed by atoms with Crippen molar-refractivity contribution in [1.29, 1.82) is 5.26 Å². The van der Waals surface area contributed by atoms with Crippen LogP contribution in [0.3, 0.4) is 0 Å². The molecule has 7 heteroatoms. The van der Waals surface area contributed by atoms with Crippen molar-refractivity contribution in [2.24, 2.45) is 5.10 Å². The van der Waals surface area contributed by atoms with E-state index in [1.165, 1.54) is 6.21 Å². The highest BCUT2D eigenvalue weighted by Gasteiger charge is 2.06. The lowest BCUT2D eigenvalue weighted by atomic mass is 10.1. The Hall–Kier alpha value is -4.44. The summed E-state index contributed by atoms with van der Waals surface area (Å²) in [6.45, 7) is 0.244. The summed E-state index contributed by atoms with van der Waals surface area (Å²) in [4.78, 5) is 27.4. The maximum absolute atomic E-state index is 12.5. The molecule has 7 nitrogen and oxygen atoms in total. The Morgan fingerprint density at radius 2 is 1.83 bits per heavy atom. The summed E-state index contributed by atoms with van der Waals surface area (Å²) in [6.07, 6.45) is 1.42. The van der Waals surface area contributed by atoms with Gasteiger partial charge in [0.25, 0.3) is 5.56 Å². The van der Waals surface area contributed by atoms with Crippen molar-refractivity contribution in [3.05, 3.63) is 110 Å². The fourth-order valence-electron chi connectivity index (χ4n) is 2.98. The first-order valence-electron chi connectivity index (χ1n) is 9.15. The van der Waals surface area contributed by atoms with E-state index in [4.69, 9.17) is 10.00 Å². The van der Waals surface area contributed by atoms with Gasteiger partial charge in [-0.2, -0.15) is 10.4 Å². The second-order valence-corrected chi connectivity index (χ2v) is 6.47. The summed E-state index contributed by atoms with van der Waals surface area (Å²) >= 11 is 0. The van der Waals surface area contributed by atoms with Crippen LogP contribution in [0.5, 0.6) is 5.75 Å². The first-order valence-corrected chi connectivity index (χ1v) is 9.15. The molecule has 0 saturated carbocycles. The molecular weight excluding hydrogens is 380 g/mol. The Bertz CT molecular complexity index is 1410. The maximum atomic E-state index is 12.5. The number of hydrogen-bond donors (Lipinski definition) is 1. The molecule has 146 valence electrons. The molecule has 0 aliphatic heterocycles. The highest BCUT2D eigenvalue weighted by molar-refractivity contribution is 5.80. The van der Waals surface area contributed by atoms with Crippen molar-refractivity contribution in [3.8, 4) is 11.8 Å². The standard InChI is InChI=1S/C23H16N4O3/c24-13-17-7-1-2-8-18(17)15-30-19-9-5-6-16(12-19)14-25-27-22(28)20-10-3-4-11-21(20)26-23(27)29/h1-12,14H,15H2,(H,26,29). The minimum Gasteiger partial charge on any atom is -0.489 e. The van der Waals surface area contributed by atoms with E-state index in [0.717, 1.165) is 10.2 Å². The van der Waals surface area contributed by atoms with Crippen molar-refractivity contribution in [1.82, 2.24) is 9.66 Å². The van der Waals surface area contributed by atoms with Gasteiger partial charge in [0, 0.05) is 5.56 Å². The molecule has 0 amide bonds. The van der Waals surface area contributed by atoms with E-state index in [1.807, 2.05) is 12.1 Å². The number of nitriles is 1. The largest absolute Gasteiger partial charge is 0.489 e. The third-order valence-corrected chi connectivity index (χ3v) is 4.50. The van der Waals surface area contributed by atoms with Crippen molar-refractivity contribution in [2.75, 3.05) is 0 Å². The van der Waals surface area contributed by atoms with Crippen LogP contribution in [0, 0.1) is 11.3 Å². The zero-order valence-electron chi connectivity index (χ0n) is 15.8. The topological polar surface area (TPSA) is 100 Å². The molecule has 3 aromatic carbocycles. The Kier molecular flexibility index (Phi) is 5.22. The lowest BCUT2D eigenvalue weighted by Crippen LogP contribution is -2.32. The van der Waals surface area contributed by atoms with Crippen molar-refractivity contribution < 1.29 is 4.74 Å². The fraction of sp³-hybridized carbons (Fsp3) is 0.0435. The Balaban J connectivity index is 1.57. The number of para-hydroxylation sites is 1. The summed E-state index contributed by atoms with van der Waals surface area (Å²) in [6, 6.07) is 23.2. The van der Waals surface area contributed by atoms with Gasteiger partial charge in [-0.1, -0.05) is 42.5 Å². The molecule has 4 aromatic rings. The van der Waals surface area contributed by atoms with Gasteiger partial charge in [-0.15, -0.1) is 4.68 Å². The predicted molar refractivity (Wildman–Crippen MR) is 114 cm³/mol. The Labute approximate surface area is 171 Å². The number of nitrogens with one attached hydrogen (secondary N) is 1. The normalized spacial score (nSPS) is 10.9. The minimum absolute atomic E-state index is 0.244.